The Morgan fingerprint density at radius 3 is 2.40 bits per heavy atom. The van der Waals surface area contributed by atoms with Crippen molar-refractivity contribution in [2.24, 2.45) is 5.10 Å². The van der Waals surface area contributed by atoms with Gasteiger partial charge in [-0.1, -0.05) is 76.2 Å². The van der Waals surface area contributed by atoms with Gasteiger partial charge in [0.25, 0.3) is 5.91 Å². The molecule has 11 heteroatoms. The Balaban J connectivity index is 1.49. The summed E-state index contributed by atoms with van der Waals surface area (Å²) in [5.41, 5.74) is 2.95. The van der Waals surface area contributed by atoms with E-state index in [9.17, 15) is 18.0 Å². The van der Waals surface area contributed by atoms with Crippen LogP contribution in [0.1, 0.15) is 11.1 Å². The van der Waals surface area contributed by atoms with Gasteiger partial charge in [0.2, 0.25) is 0 Å². The van der Waals surface area contributed by atoms with Gasteiger partial charge < -0.3 is 0 Å². The molecule has 1 heterocycles. The first-order valence-electron chi connectivity index (χ1n) is 10.2. The Morgan fingerprint density at radius 1 is 1.00 bits per heavy atom. The molecule has 0 radical (unpaired) electrons. The first-order chi connectivity index (χ1) is 16.8. The van der Waals surface area contributed by atoms with E-state index in [0.717, 1.165) is 39.8 Å². The van der Waals surface area contributed by atoms with Crippen LogP contribution >= 0.6 is 27.7 Å². The predicted molar refractivity (Wildman–Crippen MR) is 132 cm³/mol. The number of carbonyl (C=O) groups is 1. The second kappa shape index (κ2) is 10.9. The number of rotatable bonds is 7. The lowest BCUT2D eigenvalue weighted by Crippen LogP contribution is -2.20. The number of hydrogen-bond donors (Lipinski definition) is 1. The van der Waals surface area contributed by atoms with Crippen molar-refractivity contribution in [3.63, 3.8) is 0 Å². The summed E-state index contributed by atoms with van der Waals surface area (Å²) >= 11 is 4.55. The van der Waals surface area contributed by atoms with Crippen LogP contribution in [-0.4, -0.2) is 32.6 Å². The lowest BCUT2D eigenvalue weighted by atomic mass is 10.1. The number of hydrogen-bond acceptors (Lipinski definition) is 5. The van der Waals surface area contributed by atoms with Crippen LogP contribution in [0.3, 0.4) is 0 Å². The van der Waals surface area contributed by atoms with Crippen LogP contribution in [0.5, 0.6) is 0 Å². The van der Waals surface area contributed by atoms with Gasteiger partial charge in [0.15, 0.2) is 11.0 Å². The maximum absolute atomic E-state index is 13.1. The summed E-state index contributed by atoms with van der Waals surface area (Å²) in [5, 5.41) is 12.7. The van der Waals surface area contributed by atoms with Crippen molar-refractivity contribution in [1.29, 1.82) is 0 Å². The van der Waals surface area contributed by atoms with Gasteiger partial charge in [-0.3, -0.25) is 9.36 Å². The minimum atomic E-state index is -4.52. The molecule has 0 aliphatic heterocycles. The molecule has 6 nitrogen and oxygen atoms in total. The van der Waals surface area contributed by atoms with Crippen LogP contribution in [0.4, 0.5) is 13.2 Å². The van der Waals surface area contributed by atoms with Crippen LogP contribution in [0.2, 0.25) is 0 Å². The van der Waals surface area contributed by atoms with Gasteiger partial charge in [0.05, 0.1) is 17.5 Å². The zero-order valence-electron chi connectivity index (χ0n) is 17.9. The summed E-state index contributed by atoms with van der Waals surface area (Å²) in [5.74, 6) is 0.0424. The van der Waals surface area contributed by atoms with Crippen molar-refractivity contribution in [1.82, 2.24) is 20.2 Å². The highest BCUT2D eigenvalue weighted by Gasteiger charge is 2.32. The summed E-state index contributed by atoms with van der Waals surface area (Å²) in [7, 11) is 0. The molecule has 0 unspecified atom stereocenters. The number of hydrazone groups is 1. The summed E-state index contributed by atoms with van der Waals surface area (Å²) in [4.78, 5) is 12.3. The first-order valence-corrected chi connectivity index (χ1v) is 12.0. The quantitative estimate of drug-likeness (QED) is 0.172. The molecule has 0 saturated carbocycles. The molecule has 0 saturated heterocycles. The number of benzene rings is 3. The Bertz CT molecular complexity index is 1340. The number of nitrogens with one attached hydrogen (secondary N) is 1. The molecular formula is C24H17BrF3N5OS. The average Bonchev–Trinajstić information content (AvgIpc) is 3.27. The number of amides is 1. The highest BCUT2D eigenvalue weighted by Crippen LogP contribution is 2.31. The molecule has 35 heavy (non-hydrogen) atoms. The van der Waals surface area contributed by atoms with E-state index in [1.54, 1.807) is 0 Å². The fourth-order valence-electron chi connectivity index (χ4n) is 3.16. The van der Waals surface area contributed by atoms with E-state index in [4.69, 9.17) is 0 Å². The molecular weight excluding hydrogens is 543 g/mol. The highest BCUT2D eigenvalue weighted by atomic mass is 79.9. The fourth-order valence-corrected chi connectivity index (χ4v) is 4.17. The van der Waals surface area contributed by atoms with E-state index in [1.807, 2.05) is 59.2 Å². The number of carbonyl (C=O) groups excluding carboxylic acids is 1. The van der Waals surface area contributed by atoms with E-state index < -0.39 is 17.6 Å². The number of para-hydroxylation sites is 1. The van der Waals surface area contributed by atoms with Gasteiger partial charge in [0, 0.05) is 21.3 Å². The predicted octanol–water partition coefficient (Wildman–Crippen LogP) is 5.96. The Hall–Kier alpha value is -3.44. The van der Waals surface area contributed by atoms with Gasteiger partial charge in [-0.2, -0.15) is 18.3 Å². The van der Waals surface area contributed by atoms with E-state index >= 15 is 0 Å². The number of halogens is 4. The molecule has 1 amide bonds. The molecule has 0 aliphatic carbocycles. The molecule has 1 aromatic heterocycles. The molecule has 0 bridgehead atoms. The third-order valence-electron chi connectivity index (χ3n) is 4.74. The smallest absolute Gasteiger partial charge is 0.272 e. The SMILES string of the molecule is O=C(CSc1nnc(-c2ccc(Br)cc2)n1-c1ccccc1)N/N=C/c1ccccc1C(F)(F)F. The van der Waals surface area contributed by atoms with Crippen LogP contribution in [0.25, 0.3) is 17.1 Å². The Kier molecular flexibility index (Phi) is 7.67. The zero-order chi connectivity index (χ0) is 24.8. The third kappa shape index (κ3) is 6.17. The zero-order valence-corrected chi connectivity index (χ0v) is 20.3. The van der Waals surface area contributed by atoms with Gasteiger partial charge in [-0.25, -0.2) is 5.43 Å². The van der Waals surface area contributed by atoms with Crippen LogP contribution < -0.4 is 5.43 Å². The van der Waals surface area contributed by atoms with Crippen molar-refractivity contribution >= 4 is 39.8 Å². The molecule has 0 fully saturated rings. The van der Waals surface area contributed by atoms with Crippen LogP contribution in [-0.2, 0) is 11.0 Å². The minimum Gasteiger partial charge on any atom is -0.272 e. The number of alkyl halides is 3. The van der Waals surface area contributed by atoms with Crippen molar-refractivity contribution in [2.75, 3.05) is 5.75 Å². The monoisotopic (exact) mass is 559 g/mol. The van der Waals surface area contributed by atoms with Gasteiger partial charge in [-0.15, -0.1) is 10.2 Å². The fraction of sp³-hybridized carbons (Fsp3) is 0.0833. The molecule has 4 rings (SSSR count). The largest absolute Gasteiger partial charge is 0.417 e. The maximum atomic E-state index is 13.1. The van der Waals surface area contributed by atoms with Gasteiger partial charge in [0.1, 0.15) is 0 Å². The summed E-state index contributed by atoms with van der Waals surface area (Å²) in [6, 6.07) is 22.1. The normalized spacial score (nSPS) is 11.7. The lowest BCUT2D eigenvalue weighted by Gasteiger charge is -2.10. The molecule has 4 aromatic rings. The Morgan fingerprint density at radius 2 is 1.69 bits per heavy atom. The second-order valence-corrected chi connectivity index (χ2v) is 9.01. The number of nitrogens with zero attached hydrogens (tertiary/aromatic N) is 4. The van der Waals surface area contributed by atoms with Gasteiger partial charge >= 0.3 is 6.18 Å². The molecule has 178 valence electrons. The van der Waals surface area contributed by atoms with Gasteiger partial charge in [-0.05, 0) is 30.3 Å². The van der Waals surface area contributed by atoms with E-state index in [0.29, 0.717) is 11.0 Å². The minimum absolute atomic E-state index is 0.0659. The second-order valence-electron chi connectivity index (χ2n) is 7.15. The molecule has 0 aliphatic rings. The highest BCUT2D eigenvalue weighted by molar-refractivity contribution is 9.10. The lowest BCUT2D eigenvalue weighted by molar-refractivity contribution is -0.137. The van der Waals surface area contributed by atoms with E-state index in [-0.39, 0.29) is 11.3 Å². The van der Waals surface area contributed by atoms with Crippen LogP contribution in [0.15, 0.2) is 93.6 Å². The summed E-state index contributed by atoms with van der Waals surface area (Å²) < 4.78 is 42.0. The van der Waals surface area contributed by atoms with Crippen LogP contribution in [0, 0.1) is 0 Å². The topological polar surface area (TPSA) is 72.2 Å². The maximum Gasteiger partial charge on any atom is 0.417 e. The third-order valence-corrected chi connectivity index (χ3v) is 6.20. The Labute approximate surface area is 211 Å². The summed E-state index contributed by atoms with van der Waals surface area (Å²) in [6.07, 6.45) is -3.54. The molecule has 0 spiro atoms. The van der Waals surface area contributed by atoms with Crippen molar-refractivity contribution in [2.45, 2.75) is 11.3 Å². The van der Waals surface area contributed by atoms with E-state index in [1.165, 1.54) is 18.2 Å². The summed E-state index contributed by atoms with van der Waals surface area (Å²) in [6.45, 7) is 0. The van der Waals surface area contributed by atoms with E-state index in [2.05, 4.69) is 36.7 Å². The molecule has 0 atom stereocenters. The molecule has 1 N–H and O–H groups in total. The standard InChI is InChI=1S/C24H17BrF3N5OS/c25-18-12-10-16(11-13-18)22-31-32-23(33(22)19-7-2-1-3-8-19)35-15-21(34)30-29-14-17-6-4-5-9-20(17)24(26,27)28/h1-14H,15H2,(H,30,34)/b29-14+. The van der Waals surface area contributed by atoms with Crippen molar-refractivity contribution in [3.8, 4) is 17.1 Å². The number of aromatic nitrogens is 3. The molecule has 3 aromatic carbocycles. The van der Waals surface area contributed by atoms with Crippen molar-refractivity contribution in [3.05, 3.63) is 94.5 Å². The average molecular weight is 560 g/mol. The van der Waals surface area contributed by atoms with Crippen molar-refractivity contribution < 1.29 is 18.0 Å². The number of thioether (sulfide) groups is 1. The first kappa shape index (κ1) is 24.7.